The average molecular weight is 820 g/mol. The summed E-state index contributed by atoms with van der Waals surface area (Å²) in [6, 6.07) is 0. The molecule has 2 atom stereocenters. The number of nitrogens with two attached hydrogens (primary N) is 1. The van der Waals surface area contributed by atoms with Crippen molar-refractivity contribution in [1.82, 2.24) is 0 Å². The molecule has 0 spiro atoms. The first-order chi connectivity index (χ1) is 27.5. The van der Waals surface area contributed by atoms with Gasteiger partial charge in [-0.1, -0.05) is 108 Å². The number of rotatable bonds is 36. The molecule has 3 N–H and O–H groups in total. The van der Waals surface area contributed by atoms with E-state index in [0.29, 0.717) is 25.7 Å². The molecule has 1 heterocycles. The zero-order valence-corrected chi connectivity index (χ0v) is 36.4. The van der Waals surface area contributed by atoms with Crippen molar-refractivity contribution in [3.63, 3.8) is 0 Å². The third kappa shape index (κ3) is 28.1. The van der Waals surface area contributed by atoms with Gasteiger partial charge < -0.3 is 24.5 Å². The monoisotopic (exact) mass is 820 g/mol. The third-order valence-corrected chi connectivity index (χ3v) is 10.4. The van der Waals surface area contributed by atoms with E-state index in [1.807, 2.05) is 36.5 Å². The van der Waals surface area contributed by atoms with E-state index in [1.54, 1.807) is 12.2 Å². The molecule has 0 saturated carbocycles. The molecule has 0 amide bonds. The molecule has 324 valence electrons. The van der Waals surface area contributed by atoms with Gasteiger partial charge in [-0.3, -0.25) is 23.4 Å². The van der Waals surface area contributed by atoms with E-state index >= 15 is 0 Å². The van der Waals surface area contributed by atoms with Crippen LogP contribution in [0.1, 0.15) is 158 Å². The maximum absolute atomic E-state index is 12.6. The van der Waals surface area contributed by atoms with E-state index in [9.17, 15) is 23.8 Å². The molecule has 1 rings (SSSR count). The lowest BCUT2D eigenvalue weighted by atomic mass is 10.0. The highest BCUT2D eigenvalue weighted by molar-refractivity contribution is 7.47. The van der Waals surface area contributed by atoms with Crippen molar-refractivity contribution in [1.29, 1.82) is 0 Å². The topological polar surface area (TPSA) is 165 Å². The number of carbonyl (C=O) groups excluding carboxylic acids is 3. The number of carbonyl (C=O) groups is 3. The molecule has 1 aromatic heterocycles. The summed E-state index contributed by atoms with van der Waals surface area (Å²) in [5.41, 5.74) is 7.93. The molecule has 0 aliphatic rings. The second kappa shape index (κ2) is 33.8. The maximum Gasteiger partial charge on any atom is 0.472 e. The highest BCUT2D eigenvalue weighted by Gasteiger charge is 2.26. The van der Waals surface area contributed by atoms with Crippen LogP contribution >= 0.6 is 7.82 Å². The Kier molecular flexibility index (Phi) is 30.8. The fourth-order valence-electron chi connectivity index (χ4n) is 5.88. The fourth-order valence-corrected chi connectivity index (χ4v) is 6.64. The minimum absolute atomic E-state index is 0.0254. The number of ketones is 1. The quantitative estimate of drug-likeness (QED) is 0.0165. The van der Waals surface area contributed by atoms with Gasteiger partial charge in [0.1, 0.15) is 18.1 Å². The minimum atomic E-state index is -4.42. The molecule has 0 aliphatic carbocycles. The molecule has 1 unspecified atom stereocenters. The second-order valence-corrected chi connectivity index (χ2v) is 15.9. The van der Waals surface area contributed by atoms with Crippen LogP contribution in [0.25, 0.3) is 0 Å². The van der Waals surface area contributed by atoms with Crippen LogP contribution in [0.2, 0.25) is 0 Å². The largest absolute Gasteiger partial charge is 0.472 e. The van der Waals surface area contributed by atoms with Crippen molar-refractivity contribution < 1.29 is 46.8 Å². The number of hydrogen-bond donors (Lipinski definition) is 2. The predicted molar refractivity (Wildman–Crippen MR) is 228 cm³/mol. The number of allylic oxidation sites excluding steroid dienone is 8. The van der Waals surface area contributed by atoms with E-state index in [2.05, 4.69) is 27.7 Å². The minimum Gasteiger partial charge on any atom is -0.466 e. The van der Waals surface area contributed by atoms with Gasteiger partial charge in [0.05, 0.1) is 13.2 Å². The van der Waals surface area contributed by atoms with Crippen molar-refractivity contribution in [3.8, 4) is 0 Å². The second-order valence-electron chi connectivity index (χ2n) is 14.5. The van der Waals surface area contributed by atoms with Crippen molar-refractivity contribution in [2.24, 2.45) is 5.73 Å². The van der Waals surface area contributed by atoms with E-state index < -0.39 is 32.5 Å². The number of ether oxygens (including phenoxy) is 2. The molecule has 0 aromatic carbocycles. The van der Waals surface area contributed by atoms with Gasteiger partial charge in [0, 0.05) is 38.6 Å². The lowest BCUT2D eigenvalue weighted by Gasteiger charge is -2.19. The summed E-state index contributed by atoms with van der Waals surface area (Å²) in [6.45, 7) is 7.70. The van der Waals surface area contributed by atoms with Crippen LogP contribution < -0.4 is 5.73 Å². The number of furan rings is 1. The zero-order chi connectivity index (χ0) is 42.0. The van der Waals surface area contributed by atoms with Gasteiger partial charge in [0.15, 0.2) is 11.9 Å². The van der Waals surface area contributed by atoms with Crippen LogP contribution in [-0.2, 0) is 50.3 Å². The number of hydrogen-bond acceptors (Lipinski definition) is 10. The molecule has 0 aliphatic heterocycles. The van der Waals surface area contributed by atoms with Crippen molar-refractivity contribution in [3.05, 3.63) is 71.3 Å². The molecule has 1 aromatic rings. The normalized spacial score (nSPS) is 13.6. The van der Waals surface area contributed by atoms with E-state index in [-0.39, 0.29) is 38.4 Å². The van der Waals surface area contributed by atoms with E-state index in [0.717, 1.165) is 88.6 Å². The standard InChI is InChI=1S/C45H74NO10P/c1-5-7-22-28-40(47)29-24-18-14-12-10-9-11-13-15-21-27-33-45(49)55-41(37-54-57(50,51)53-35-34-46)36-52-44(48)32-26-20-17-16-19-25-31-43-39(4)38(3)42(56-43)30-23-8-6-2/h9-10,13-15,18,24,29,41H,5-8,11-12,16-17,19-23,25-28,30-37,46H2,1-4H3,(H,50,51)/b10-9-,15-13-,18-14-,29-24+/t41-/m1/s1. The molecule has 11 nitrogen and oxygen atoms in total. The highest BCUT2D eigenvalue weighted by atomic mass is 31.2. The van der Waals surface area contributed by atoms with Crippen molar-refractivity contribution in [2.45, 2.75) is 169 Å². The first kappa shape index (κ1) is 51.9. The number of phosphoric ester groups is 1. The Morgan fingerprint density at radius 1 is 0.702 bits per heavy atom. The summed E-state index contributed by atoms with van der Waals surface area (Å²) in [4.78, 5) is 46.7. The van der Waals surface area contributed by atoms with Crippen LogP contribution in [0.4, 0.5) is 0 Å². The summed E-state index contributed by atoms with van der Waals surface area (Å²) >= 11 is 0. The molecule has 57 heavy (non-hydrogen) atoms. The molecular weight excluding hydrogens is 745 g/mol. The molecule has 0 bridgehead atoms. The van der Waals surface area contributed by atoms with Crippen LogP contribution in [0.5, 0.6) is 0 Å². The SMILES string of the molecule is CCCCCC(=O)/C=C/C=C\C/C=C\C/C=C\CCCC(=O)O[C@H](COC(=O)CCCCCCCCc1oc(CCCCC)c(C)c1C)COP(=O)(O)OCCN. The lowest BCUT2D eigenvalue weighted by Crippen LogP contribution is -2.29. The molecular formula is C45H74NO10P. The Balaban J connectivity index is 2.35. The Morgan fingerprint density at radius 2 is 1.28 bits per heavy atom. The maximum atomic E-state index is 12.6. The number of unbranched alkanes of at least 4 members (excludes halogenated alkanes) is 10. The van der Waals surface area contributed by atoms with Crippen molar-refractivity contribution >= 4 is 25.5 Å². The van der Waals surface area contributed by atoms with Crippen LogP contribution in [0.3, 0.4) is 0 Å². The number of aryl methyl sites for hydroxylation is 2. The van der Waals surface area contributed by atoms with Crippen LogP contribution in [-0.4, -0.2) is 55.1 Å². The lowest BCUT2D eigenvalue weighted by molar-refractivity contribution is -0.161. The first-order valence-corrected chi connectivity index (χ1v) is 22.9. The third-order valence-electron chi connectivity index (χ3n) is 9.40. The van der Waals surface area contributed by atoms with Gasteiger partial charge in [-0.15, -0.1) is 0 Å². The smallest absolute Gasteiger partial charge is 0.466 e. The van der Waals surface area contributed by atoms with Crippen LogP contribution in [0.15, 0.2) is 53.0 Å². The zero-order valence-electron chi connectivity index (χ0n) is 35.5. The average Bonchev–Trinajstić information content (AvgIpc) is 3.45. The Bertz CT molecular complexity index is 1410. The van der Waals surface area contributed by atoms with E-state index in [1.165, 1.54) is 30.4 Å². The Morgan fingerprint density at radius 3 is 1.96 bits per heavy atom. The Labute approximate surface area is 343 Å². The van der Waals surface area contributed by atoms with Gasteiger partial charge in [0.25, 0.3) is 0 Å². The molecule has 0 radical (unpaired) electrons. The summed E-state index contributed by atoms with van der Waals surface area (Å²) in [5, 5.41) is 0. The molecule has 12 heteroatoms. The fraction of sp³-hybridized carbons (Fsp3) is 0.667. The summed E-state index contributed by atoms with van der Waals surface area (Å²) < 4.78 is 38.9. The highest BCUT2D eigenvalue weighted by Crippen LogP contribution is 2.43. The van der Waals surface area contributed by atoms with Gasteiger partial charge in [-0.25, -0.2) is 4.57 Å². The van der Waals surface area contributed by atoms with Gasteiger partial charge in [0.2, 0.25) is 0 Å². The van der Waals surface area contributed by atoms with Gasteiger partial charge in [-0.2, -0.15) is 0 Å². The summed E-state index contributed by atoms with van der Waals surface area (Å²) in [7, 11) is -4.42. The summed E-state index contributed by atoms with van der Waals surface area (Å²) in [6.07, 6.45) is 32.5. The summed E-state index contributed by atoms with van der Waals surface area (Å²) in [5.74, 6) is 1.46. The van der Waals surface area contributed by atoms with Crippen molar-refractivity contribution in [2.75, 3.05) is 26.4 Å². The number of esters is 2. The molecule has 0 fully saturated rings. The van der Waals surface area contributed by atoms with Crippen LogP contribution in [0, 0.1) is 13.8 Å². The Hall–Kier alpha value is -3.08. The van der Waals surface area contributed by atoms with E-state index in [4.69, 9.17) is 28.7 Å². The predicted octanol–water partition coefficient (Wildman–Crippen LogP) is 10.8. The van der Waals surface area contributed by atoms with Gasteiger partial charge in [-0.05, 0) is 82.4 Å². The van der Waals surface area contributed by atoms with Gasteiger partial charge >= 0.3 is 19.8 Å². The number of phosphoric acid groups is 1. The molecule has 0 saturated heterocycles. The first-order valence-electron chi connectivity index (χ1n) is 21.4.